The van der Waals surface area contributed by atoms with Crippen molar-refractivity contribution >= 4 is 29.7 Å². The van der Waals surface area contributed by atoms with E-state index in [9.17, 15) is 4.89 Å². The van der Waals surface area contributed by atoms with E-state index in [1.54, 1.807) is 0 Å². The number of rotatable bonds is 4. The summed E-state index contributed by atoms with van der Waals surface area (Å²) >= 11 is 8.51. The molecule has 0 aromatic rings. The van der Waals surface area contributed by atoms with Gasteiger partial charge in [0, 0.05) is 0 Å². The van der Waals surface area contributed by atoms with Crippen LogP contribution in [0.4, 0.5) is 0 Å². The van der Waals surface area contributed by atoms with Crippen LogP contribution in [0.5, 0.6) is 0 Å². The third-order valence-corrected chi connectivity index (χ3v) is 6.49. The van der Waals surface area contributed by atoms with Gasteiger partial charge in [-0.1, -0.05) is 0 Å². The molecule has 4 heteroatoms. The van der Waals surface area contributed by atoms with Gasteiger partial charge in [-0.3, -0.25) is 0 Å². The molecule has 0 aromatic carbocycles. The first kappa shape index (κ1) is 11.1. The first-order chi connectivity index (χ1) is 4.39. The Labute approximate surface area is 73.9 Å². The van der Waals surface area contributed by atoms with Crippen molar-refractivity contribution in [3.8, 4) is 0 Å². The van der Waals surface area contributed by atoms with Gasteiger partial charge in [-0.05, 0) is 0 Å². The monoisotopic (exact) mass is 200 g/mol. The van der Waals surface area contributed by atoms with Crippen LogP contribution >= 0.6 is 29.7 Å². The summed E-state index contributed by atoms with van der Waals surface area (Å²) in [5, 5.41) is -2.77. The fourth-order valence-corrected chi connectivity index (χ4v) is 5.48. The average molecular weight is 200 g/mol. The van der Waals surface area contributed by atoms with Gasteiger partial charge in [-0.15, -0.1) is 0 Å². The SMILES string of the molecule is CCCP(O)(S)(S)CCC. The van der Waals surface area contributed by atoms with Crippen molar-refractivity contribution < 1.29 is 4.89 Å². The summed E-state index contributed by atoms with van der Waals surface area (Å²) in [4.78, 5) is 9.84. The maximum absolute atomic E-state index is 9.84. The van der Waals surface area contributed by atoms with Crippen LogP contribution in [0, 0.1) is 0 Å². The van der Waals surface area contributed by atoms with Crippen molar-refractivity contribution in [2.45, 2.75) is 26.7 Å². The Morgan fingerprint density at radius 3 is 1.60 bits per heavy atom. The molecule has 0 aliphatic carbocycles. The first-order valence-electron chi connectivity index (χ1n) is 3.65. The van der Waals surface area contributed by atoms with E-state index in [0.29, 0.717) is 0 Å². The Balaban J connectivity index is 3.97. The predicted molar refractivity (Wildman–Crippen MR) is 57.4 cm³/mol. The van der Waals surface area contributed by atoms with Crippen LogP contribution in [0.1, 0.15) is 26.7 Å². The van der Waals surface area contributed by atoms with E-state index in [1.165, 1.54) is 0 Å². The summed E-state index contributed by atoms with van der Waals surface area (Å²) in [5.74, 6) is 0. The summed E-state index contributed by atoms with van der Waals surface area (Å²) in [6.07, 6.45) is 3.43. The van der Waals surface area contributed by atoms with Gasteiger partial charge >= 0.3 is 73.6 Å². The van der Waals surface area contributed by atoms with Crippen molar-refractivity contribution in [3.05, 3.63) is 0 Å². The molecule has 0 bridgehead atoms. The Kier molecular flexibility index (Phi) is 4.06. The fraction of sp³-hybridized carbons (Fsp3) is 1.00. The number of hydrogen-bond donors (Lipinski definition) is 3. The zero-order chi connectivity index (χ0) is 8.28. The van der Waals surface area contributed by atoms with Gasteiger partial charge < -0.3 is 0 Å². The van der Waals surface area contributed by atoms with E-state index in [-0.39, 0.29) is 0 Å². The van der Waals surface area contributed by atoms with Crippen LogP contribution in [0.25, 0.3) is 0 Å². The third kappa shape index (κ3) is 4.84. The molecule has 0 saturated carbocycles. The molecule has 10 heavy (non-hydrogen) atoms. The normalized spacial score (nSPS) is 16.3. The second-order valence-corrected chi connectivity index (χ2v) is 13.0. The van der Waals surface area contributed by atoms with Crippen LogP contribution in [-0.2, 0) is 0 Å². The Morgan fingerprint density at radius 2 is 1.40 bits per heavy atom. The zero-order valence-electron chi connectivity index (χ0n) is 6.62. The van der Waals surface area contributed by atoms with Gasteiger partial charge in [0.15, 0.2) is 0 Å². The summed E-state index contributed by atoms with van der Waals surface area (Å²) in [5.41, 5.74) is 0. The second kappa shape index (κ2) is 3.66. The molecule has 0 aliphatic rings. The van der Waals surface area contributed by atoms with Crippen LogP contribution in [-0.4, -0.2) is 17.2 Å². The molecule has 0 aliphatic heterocycles. The molecule has 0 rings (SSSR count). The van der Waals surface area contributed by atoms with Gasteiger partial charge in [0.2, 0.25) is 0 Å². The molecule has 0 unspecified atom stereocenters. The summed E-state index contributed by atoms with van der Waals surface area (Å²) < 4.78 is 0. The molecule has 1 nitrogen and oxygen atoms in total. The van der Waals surface area contributed by atoms with Crippen LogP contribution < -0.4 is 0 Å². The molecule has 0 heterocycles. The fourth-order valence-electron chi connectivity index (χ4n) is 1.03. The number of thiol groups is 2. The van der Waals surface area contributed by atoms with Crippen molar-refractivity contribution in [1.82, 2.24) is 0 Å². The minimum absolute atomic E-state index is 0.756. The van der Waals surface area contributed by atoms with Gasteiger partial charge in [0.25, 0.3) is 0 Å². The molecule has 1 N–H and O–H groups in total. The van der Waals surface area contributed by atoms with Crippen LogP contribution in [0.2, 0.25) is 0 Å². The maximum atomic E-state index is 9.84. The second-order valence-electron chi connectivity index (χ2n) is 2.79. The van der Waals surface area contributed by atoms with E-state index >= 15 is 0 Å². The molecule has 0 saturated heterocycles. The van der Waals surface area contributed by atoms with E-state index in [4.69, 9.17) is 0 Å². The summed E-state index contributed by atoms with van der Waals surface area (Å²) in [6, 6.07) is 0. The van der Waals surface area contributed by atoms with Crippen molar-refractivity contribution in [2.75, 3.05) is 12.3 Å². The molecule has 0 fully saturated rings. The average Bonchev–Trinajstić information content (AvgIpc) is 1.61. The van der Waals surface area contributed by atoms with Gasteiger partial charge in [0.05, 0.1) is 0 Å². The minimum atomic E-state index is -2.77. The van der Waals surface area contributed by atoms with E-state index in [2.05, 4.69) is 24.5 Å². The van der Waals surface area contributed by atoms with Crippen LogP contribution in [0.15, 0.2) is 0 Å². The van der Waals surface area contributed by atoms with Gasteiger partial charge in [-0.2, -0.15) is 0 Å². The molecule has 0 amide bonds. The van der Waals surface area contributed by atoms with E-state index in [0.717, 1.165) is 25.2 Å². The van der Waals surface area contributed by atoms with Crippen molar-refractivity contribution in [3.63, 3.8) is 0 Å². The third-order valence-electron chi connectivity index (χ3n) is 1.36. The molecule has 0 radical (unpaired) electrons. The van der Waals surface area contributed by atoms with Crippen molar-refractivity contribution in [1.29, 1.82) is 0 Å². The van der Waals surface area contributed by atoms with Gasteiger partial charge in [-0.25, -0.2) is 0 Å². The molecule has 0 aromatic heterocycles. The standard InChI is InChI=1S/C6H17OPS2/c1-3-5-8(7,9,10)6-4-2/h7,9-10H,3-6H2,1-2H3. The Bertz CT molecular complexity index is 98.1. The zero-order valence-corrected chi connectivity index (χ0v) is 9.30. The Hall–Kier alpha value is 1.09. The molecular weight excluding hydrogens is 183 g/mol. The van der Waals surface area contributed by atoms with E-state index in [1.807, 2.05) is 13.8 Å². The molecular formula is C6H17OPS2. The molecule has 0 spiro atoms. The first-order valence-corrected chi connectivity index (χ1v) is 8.51. The summed E-state index contributed by atoms with van der Waals surface area (Å²) in [6.45, 7) is 4.08. The number of hydrogen-bond acceptors (Lipinski definition) is 3. The topological polar surface area (TPSA) is 20.2 Å². The van der Waals surface area contributed by atoms with Crippen LogP contribution in [0.3, 0.4) is 0 Å². The quantitative estimate of drug-likeness (QED) is 0.471. The summed E-state index contributed by atoms with van der Waals surface area (Å²) in [7, 11) is 0. The van der Waals surface area contributed by atoms with E-state index < -0.39 is 5.23 Å². The Morgan fingerprint density at radius 1 is 1.10 bits per heavy atom. The van der Waals surface area contributed by atoms with Crippen molar-refractivity contribution in [2.24, 2.45) is 0 Å². The molecule has 64 valence electrons. The predicted octanol–water partition coefficient (Wildman–Crippen LogP) is 2.96. The molecule has 0 atom stereocenters. The van der Waals surface area contributed by atoms with Gasteiger partial charge in [0.1, 0.15) is 0 Å².